The molecule has 4 heteroatoms. The molecule has 0 radical (unpaired) electrons. The lowest BCUT2D eigenvalue weighted by atomic mass is 9.99. The number of fused-ring (bicyclic) bond motifs is 2. The summed E-state index contributed by atoms with van der Waals surface area (Å²) in [7, 11) is 0. The zero-order chi connectivity index (χ0) is 18.6. The third-order valence-electron chi connectivity index (χ3n) is 4.88. The second-order valence-electron chi connectivity index (χ2n) is 6.64. The molecule has 0 atom stereocenters. The Morgan fingerprint density at radius 3 is 2.70 bits per heavy atom. The summed E-state index contributed by atoms with van der Waals surface area (Å²) < 4.78 is 1.69. The summed E-state index contributed by atoms with van der Waals surface area (Å²) in [5, 5.41) is 10.1. The van der Waals surface area contributed by atoms with Crippen LogP contribution in [0.15, 0.2) is 79.1 Å². The lowest BCUT2D eigenvalue weighted by Gasteiger charge is -2.27. The summed E-state index contributed by atoms with van der Waals surface area (Å²) in [6.07, 6.45) is 9.24. The molecule has 1 aromatic heterocycles. The zero-order valence-electron chi connectivity index (χ0n) is 15.1. The van der Waals surface area contributed by atoms with Crippen LogP contribution in [-0.2, 0) is 0 Å². The Labute approximate surface area is 158 Å². The fourth-order valence-corrected chi connectivity index (χ4v) is 3.50. The Bertz CT molecular complexity index is 1030. The molecule has 27 heavy (non-hydrogen) atoms. The molecule has 1 aliphatic heterocycles. The number of allylic oxidation sites excluding steroid dienone is 3. The highest BCUT2D eigenvalue weighted by Crippen LogP contribution is 2.33. The van der Waals surface area contributed by atoms with E-state index in [1.165, 1.54) is 0 Å². The van der Waals surface area contributed by atoms with Gasteiger partial charge in [0.2, 0.25) is 0 Å². The van der Waals surface area contributed by atoms with Gasteiger partial charge in [0.1, 0.15) is 0 Å². The van der Waals surface area contributed by atoms with Crippen LogP contribution in [0.25, 0.3) is 16.5 Å². The van der Waals surface area contributed by atoms with Crippen molar-refractivity contribution in [1.29, 1.82) is 0 Å². The standard InChI is InChI=1S/C23H22N2O2/c26-16-6-5-13-24-14-11-19(20-8-2-4-10-22(20)24)17-23(27)25-15-12-18-7-1-3-9-21(18)25/h1-4,7-12,14-15,17,26H,5-6,13,16H2/b19-17+. The number of anilines is 1. The van der Waals surface area contributed by atoms with Gasteiger partial charge in [-0.3, -0.25) is 9.36 Å². The first kappa shape index (κ1) is 17.3. The van der Waals surface area contributed by atoms with Crippen molar-refractivity contribution in [2.75, 3.05) is 18.1 Å². The molecule has 0 fully saturated rings. The van der Waals surface area contributed by atoms with Gasteiger partial charge in [0, 0.05) is 48.3 Å². The number of rotatable bonds is 5. The molecule has 0 aliphatic carbocycles. The molecule has 0 spiro atoms. The zero-order valence-corrected chi connectivity index (χ0v) is 15.1. The first-order chi connectivity index (χ1) is 13.3. The molecule has 0 bridgehead atoms. The van der Waals surface area contributed by atoms with Crippen molar-refractivity contribution in [3.63, 3.8) is 0 Å². The summed E-state index contributed by atoms with van der Waals surface area (Å²) in [6.45, 7) is 1.06. The van der Waals surface area contributed by atoms with Gasteiger partial charge in [-0.2, -0.15) is 0 Å². The van der Waals surface area contributed by atoms with Gasteiger partial charge >= 0.3 is 0 Å². The molecule has 3 aromatic rings. The van der Waals surface area contributed by atoms with Crippen LogP contribution in [0.5, 0.6) is 0 Å². The average molecular weight is 358 g/mol. The summed E-state index contributed by atoms with van der Waals surface area (Å²) in [6, 6.07) is 18.0. The van der Waals surface area contributed by atoms with Crippen LogP contribution in [-0.4, -0.2) is 28.7 Å². The lowest BCUT2D eigenvalue weighted by Crippen LogP contribution is -2.21. The number of hydrogen-bond acceptors (Lipinski definition) is 3. The van der Waals surface area contributed by atoms with Gasteiger partial charge in [-0.25, -0.2) is 0 Å². The van der Waals surface area contributed by atoms with E-state index < -0.39 is 0 Å². The van der Waals surface area contributed by atoms with Crippen molar-refractivity contribution >= 4 is 28.1 Å². The van der Waals surface area contributed by atoms with Gasteiger partial charge in [-0.05, 0) is 42.7 Å². The van der Waals surface area contributed by atoms with Crippen LogP contribution in [0.1, 0.15) is 23.2 Å². The monoisotopic (exact) mass is 358 g/mol. The number of aliphatic hydroxyl groups excluding tert-OH is 1. The number of benzene rings is 2. The van der Waals surface area contributed by atoms with Gasteiger partial charge in [-0.15, -0.1) is 0 Å². The van der Waals surface area contributed by atoms with E-state index in [2.05, 4.69) is 11.0 Å². The first-order valence-corrected chi connectivity index (χ1v) is 9.25. The number of para-hydroxylation sites is 2. The summed E-state index contributed by atoms with van der Waals surface area (Å²) in [5.41, 5.74) is 3.97. The maximum absolute atomic E-state index is 12.9. The van der Waals surface area contributed by atoms with Crippen molar-refractivity contribution in [3.05, 3.63) is 84.7 Å². The molecule has 1 N–H and O–H groups in total. The molecule has 2 aromatic carbocycles. The Hall–Kier alpha value is -3.11. The Morgan fingerprint density at radius 1 is 1.00 bits per heavy atom. The van der Waals surface area contributed by atoms with Crippen molar-refractivity contribution < 1.29 is 9.90 Å². The summed E-state index contributed by atoms with van der Waals surface area (Å²) in [4.78, 5) is 15.1. The van der Waals surface area contributed by atoms with Crippen molar-refractivity contribution in [2.24, 2.45) is 0 Å². The molecule has 4 rings (SSSR count). The second-order valence-corrected chi connectivity index (χ2v) is 6.64. The molecule has 0 amide bonds. The van der Waals surface area contributed by atoms with Crippen LogP contribution in [0.3, 0.4) is 0 Å². The van der Waals surface area contributed by atoms with Crippen LogP contribution < -0.4 is 4.90 Å². The number of carbonyl (C=O) groups is 1. The van der Waals surface area contributed by atoms with E-state index in [0.717, 1.165) is 47.1 Å². The van der Waals surface area contributed by atoms with Gasteiger partial charge in [0.25, 0.3) is 5.91 Å². The van der Waals surface area contributed by atoms with Gasteiger partial charge in [-0.1, -0.05) is 36.4 Å². The molecule has 136 valence electrons. The third kappa shape index (κ3) is 3.44. The van der Waals surface area contributed by atoms with Gasteiger partial charge in [0.15, 0.2) is 0 Å². The van der Waals surface area contributed by atoms with Crippen LogP contribution in [0.4, 0.5) is 5.69 Å². The maximum atomic E-state index is 12.9. The van der Waals surface area contributed by atoms with E-state index in [0.29, 0.717) is 0 Å². The topological polar surface area (TPSA) is 45.5 Å². The molecule has 4 nitrogen and oxygen atoms in total. The molecule has 0 unspecified atom stereocenters. The number of unbranched alkanes of at least 4 members (excludes halogenated alkanes) is 1. The highest BCUT2D eigenvalue weighted by atomic mass is 16.2. The Morgan fingerprint density at radius 2 is 1.81 bits per heavy atom. The first-order valence-electron chi connectivity index (χ1n) is 9.25. The fourth-order valence-electron chi connectivity index (χ4n) is 3.50. The molecule has 0 saturated heterocycles. The average Bonchev–Trinajstić information content (AvgIpc) is 3.14. The van der Waals surface area contributed by atoms with Crippen LogP contribution in [0.2, 0.25) is 0 Å². The smallest absolute Gasteiger partial charge is 0.255 e. The molecular formula is C23H22N2O2. The highest BCUT2D eigenvalue weighted by Gasteiger charge is 2.17. The van der Waals surface area contributed by atoms with Crippen LogP contribution >= 0.6 is 0 Å². The maximum Gasteiger partial charge on any atom is 0.255 e. The minimum absolute atomic E-state index is 0.0561. The van der Waals surface area contributed by atoms with Crippen molar-refractivity contribution in [1.82, 2.24) is 4.57 Å². The SMILES string of the molecule is O=C(/C=C1\C=CN(CCCCO)c2ccccc21)n1ccc2ccccc21. The predicted octanol–water partition coefficient (Wildman–Crippen LogP) is 4.47. The third-order valence-corrected chi connectivity index (χ3v) is 4.88. The van der Waals surface area contributed by atoms with E-state index in [1.807, 2.05) is 67.0 Å². The second kappa shape index (κ2) is 7.64. The van der Waals surface area contributed by atoms with E-state index in [4.69, 9.17) is 5.11 Å². The molecule has 2 heterocycles. The largest absolute Gasteiger partial charge is 0.396 e. The van der Waals surface area contributed by atoms with Crippen molar-refractivity contribution in [3.8, 4) is 0 Å². The van der Waals surface area contributed by atoms with Gasteiger partial charge in [0.05, 0.1) is 5.52 Å². The van der Waals surface area contributed by atoms with Gasteiger partial charge < -0.3 is 10.0 Å². The number of hydrogen-bond donors (Lipinski definition) is 1. The molecule has 0 saturated carbocycles. The minimum Gasteiger partial charge on any atom is -0.396 e. The van der Waals surface area contributed by atoms with Crippen molar-refractivity contribution in [2.45, 2.75) is 12.8 Å². The fraction of sp³-hybridized carbons (Fsp3) is 0.174. The van der Waals surface area contributed by atoms with E-state index in [9.17, 15) is 4.79 Å². The normalized spacial score (nSPS) is 14.7. The minimum atomic E-state index is -0.0561. The van der Waals surface area contributed by atoms with Crippen LogP contribution in [0, 0.1) is 0 Å². The quantitative estimate of drug-likeness (QED) is 0.541. The Kier molecular flexibility index (Phi) is 4.90. The van der Waals surface area contributed by atoms with E-state index >= 15 is 0 Å². The number of nitrogens with zero attached hydrogens (tertiary/aromatic N) is 2. The Balaban J connectivity index is 1.66. The van der Waals surface area contributed by atoms with E-state index in [-0.39, 0.29) is 12.5 Å². The summed E-state index contributed by atoms with van der Waals surface area (Å²) >= 11 is 0. The summed E-state index contributed by atoms with van der Waals surface area (Å²) in [5.74, 6) is -0.0561. The predicted molar refractivity (Wildman–Crippen MR) is 110 cm³/mol. The molecular weight excluding hydrogens is 336 g/mol. The number of aliphatic hydroxyl groups is 1. The number of aromatic nitrogens is 1. The molecule has 1 aliphatic rings. The highest BCUT2D eigenvalue weighted by molar-refractivity contribution is 6.05. The van der Waals surface area contributed by atoms with E-state index in [1.54, 1.807) is 10.6 Å². The number of carbonyl (C=O) groups excluding carboxylic acids is 1. The lowest BCUT2D eigenvalue weighted by molar-refractivity contribution is 0.0974.